The first kappa shape index (κ1) is 19.5. The molecule has 1 aromatic carbocycles. The molecule has 1 aliphatic rings. The van der Waals surface area contributed by atoms with E-state index in [0.717, 1.165) is 5.56 Å². The topological polar surface area (TPSA) is 118 Å². The van der Waals surface area contributed by atoms with Crippen LogP contribution in [0.15, 0.2) is 36.7 Å². The number of ether oxygens (including phenoxy) is 3. The van der Waals surface area contributed by atoms with E-state index in [1.807, 2.05) is 30.3 Å². The molecule has 0 aliphatic carbocycles. The number of nitrogens with zero attached hydrogens (tertiary/aromatic N) is 4. The van der Waals surface area contributed by atoms with Gasteiger partial charge < -0.3 is 25.1 Å². The number of aromatic nitrogens is 4. The highest BCUT2D eigenvalue weighted by atomic mass is 19.1. The zero-order valence-corrected chi connectivity index (χ0v) is 16.0. The van der Waals surface area contributed by atoms with E-state index in [9.17, 15) is 9.50 Å². The fourth-order valence-electron chi connectivity index (χ4n) is 3.44. The first-order chi connectivity index (χ1) is 13.9. The number of nitrogen functional groups attached to an aromatic ring is 1. The Kier molecular flexibility index (Phi) is 5.07. The van der Waals surface area contributed by atoms with Gasteiger partial charge in [-0.25, -0.2) is 9.37 Å². The fraction of sp³-hybridized carbons (Fsp3) is 0.421. The predicted molar refractivity (Wildman–Crippen MR) is 102 cm³/mol. The third kappa shape index (κ3) is 3.50. The molecule has 1 fully saturated rings. The number of methoxy groups -OCH3 is 1. The van der Waals surface area contributed by atoms with Crippen molar-refractivity contribution in [3.05, 3.63) is 42.2 Å². The second-order valence-electron chi connectivity index (χ2n) is 7.07. The molecule has 4 atom stereocenters. The van der Waals surface area contributed by atoms with Gasteiger partial charge >= 0.3 is 0 Å². The van der Waals surface area contributed by atoms with Crippen LogP contribution in [0.1, 0.15) is 18.7 Å². The Labute approximate surface area is 166 Å². The van der Waals surface area contributed by atoms with Crippen LogP contribution in [0.2, 0.25) is 0 Å². The molecule has 0 radical (unpaired) electrons. The summed E-state index contributed by atoms with van der Waals surface area (Å²) in [4.78, 5) is 12.3. The van der Waals surface area contributed by atoms with Crippen LogP contribution in [0.25, 0.3) is 11.2 Å². The summed E-state index contributed by atoms with van der Waals surface area (Å²) >= 11 is 0. The monoisotopic (exact) mass is 403 g/mol. The summed E-state index contributed by atoms with van der Waals surface area (Å²) < 4.78 is 33.0. The smallest absolute Gasteiger partial charge is 0.246 e. The van der Waals surface area contributed by atoms with Crippen molar-refractivity contribution in [1.29, 1.82) is 0 Å². The fourth-order valence-corrected chi connectivity index (χ4v) is 3.44. The third-order valence-electron chi connectivity index (χ3n) is 4.93. The van der Waals surface area contributed by atoms with Gasteiger partial charge in [-0.1, -0.05) is 30.3 Å². The molecule has 10 heteroatoms. The Hall–Kier alpha value is -2.82. The number of fused-ring (bicyclic) bond motifs is 1. The van der Waals surface area contributed by atoms with Gasteiger partial charge in [0.1, 0.15) is 11.7 Å². The van der Waals surface area contributed by atoms with Gasteiger partial charge in [0.25, 0.3) is 0 Å². The van der Waals surface area contributed by atoms with Crippen LogP contribution in [0.4, 0.5) is 10.3 Å². The zero-order valence-electron chi connectivity index (χ0n) is 16.0. The molecule has 1 aliphatic heterocycles. The highest BCUT2D eigenvalue weighted by Gasteiger charge is 2.55. The second kappa shape index (κ2) is 7.54. The molecule has 4 rings (SSSR count). The quantitative estimate of drug-likeness (QED) is 0.638. The van der Waals surface area contributed by atoms with Gasteiger partial charge in [-0.05, 0) is 12.5 Å². The van der Waals surface area contributed by atoms with Crippen LogP contribution >= 0.6 is 0 Å². The molecule has 3 aromatic rings. The average Bonchev–Trinajstić information content (AvgIpc) is 3.21. The lowest BCUT2D eigenvalue weighted by Crippen LogP contribution is -2.41. The SMILES string of the molecule is COc1nc(N)nc2c1ncn2C1OC(COCc2ccccc2)C(F)C1(C)O. The molecule has 3 heterocycles. The van der Waals surface area contributed by atoms with E-state index in [0.29, 0.717) is 12.1 Å². The third-order valence-corrected chi connectivity index (χ3v) is 4.93. The van der Waals surface area contributed by atoms with Crippen molar-refractivity contribution >= 4 is 17.1 Å². The first-order valence-corrected chi connectivity index (χ1v) is 9.09. The number of anilines is 1. The molecule has 29 heavy (non-hydrogen) atoms. The number of hydrogen-bond donors (Lipinski definition) is 2. The maximum absolute atomic E-state index is 15.0. The van der Waals surface area contributed by atoms with Crippen LogP contribution < -0.4 is 10.5 Å². The van der Waals surface area contributed by atoms with Gasteiger partial charge in [0.2, 0.25) is 11.8 Å². The number of alkyl halides is 1. The van der Waals surface area contributed by atoms with Crippen LogP contribution in [0.3, 0.4) is 0 Å². The summed E-state index contributed by atoms with van der Waals surface area (Å²) in [6.07, 6.45) is -2.33. The van der Waals surface area contributed by atoms with Gasteiger partial charge in [-0.15, -0.1) is 0 Å². The molecule has 0 spiro atoms. The largest absolute Gasteiger partial charge is 0.479 e. The van der Waals surface area contributed by atoms with Gasteiger partial charge in [-0.2, -0.15) is 9.97 Å². The van der Waals surface area contributed by atoms with E-state index in [1.165, 1.54) is 24.9 Å². The molecule has 0 bridgehead atoms. The van der Waals surface area contributed by atoms with Crippen molar-refractivity contribution in [2.75, 3.05) is 19.5 Å². The Morgan fingerprint density at radius 3 is 2.79 bits per heavy atom. The van der Waals surface area contributed by atoms with E-state index in [1.54, 1.807) is 0 Å². The summed E-state index contributed by atoms with van der Waals surface area (Å²) in [5.41, 5.74) is 5.47. The number of rotatable bonds is 6. The number of nitrogens with two attached hydrogens (primary N) is 1. The highest BCUT2D eigenvalue weighted by molar-refractivity contribution is 5.77. The Morgan fingerprint density at radius 2 is 2.07 bits per heavy atom. The molecule has 2 aromatic heterocycles. The van der Waals surface area contributed by atoms with Crippen LogP contribution in [0.5, 0.6) is 5.88 Å². The molecular weight excluding hydrogens is 381 g/mol. The summed E-state index contributed by atoms with van der Waals surface area (Å²) in [6, 6.07) is 9.53. The zero-order chi connectivity index (χ0) is 20.6. The van der Waals surface area contributed by atoms with Crippen molar-refractivity contribution in [3.8, 4) is 5.88 Å². The van der Waals surface area contributed by atoms with Crippen LogP contribution in [-0.2, 0) is 16.1 Å². The summed E-state index contributed by atoms with van der Waals surface area (Å²) in [7, 11) is 1.43. The van der Waals surface area contributed by atoms with Crippen LogP contribution in [-0.4, -0.2) is 56.2 Å². The van der Waals surface area contributed by atoms with Gasteiger partial charge in [0, 0.05) is 0 Å². The average molecular weight is 403 g/mol. The molecule has 0 saturated carbocycles. The minimum absolute atomic E-state index is 0.0181. The Morgan fingerprint density at radius 1 is 1.31 bits per heavy atom. The number of benzene rings is 1. The molecule has 1 saturated heterocycles. The lowest BCUT2D eigenvalue weighted by Gasteiger charge is -2.26. The maximum atomic E-state index is 15.0. The normalized spacial score (nSPS) is 26.8. The maximum Gasteiger partial charge on any atom is 0.246 e. The molecule has 3 N–H and O–H groups in total. The number of halogens is 1. The summed E-state index contributed by atoms with van der Waals surface area (Å²) in [6.45, 7) is 1.66. The van der Waals surface area contributed by atoms with Crippen LogP contribution in [0, 0.1) is 0 Å². The van der Waals surface area contributed by atoms with Gasteiger partial charge in [-0.3, -0.25) is 4.57 Å². The van der Waals surface area contributed by atoms with E-state index >= 15 is 0 Å². The lowest BCUT2D eigenvalue weighted by atomic mass is 9.98. The standard InChI is InChI=1S/C19H22FN5O4/c1-19(26)14(20)12(9-28-8-11-6-4-3-5-7-11)29-17(19)25-10-22-13-15(25)23-18(21)24-16(13)27-2/h3-7,10,12,14,17,26H,8-9H2,1-2H3,(H2,21,23,24). The minimum atomic E-state index is -1.83. The molecule has 0 amide bonds. The highest BCUT2D eigenvalue weighted by Crippen LogP contribution is 2.41. The number of hydrogen-bond acceptors (Lipinski definition) is 8. The van der Waals surface area contributed by atoms with Crippen molar-refractivity contribution in [1.82, 2.24) is 19.5 Å². The summed E-state index contributed by atoms with van der Waals surface area (Å²) in [5, 5.41) is 10.8. The van der Waals surface area contributed by atoms with Gasteiger partial charge in [0.05, 0.1) is 26.7 Å². The molecular formula is C19H22FN5O4. The Balaban J connectivity index is 1.55. The number of imidazole rings is 1. The Bertz CT molecular complexity index is 997. The van der Waals surface area contributed by atoms with Crippen molar-refractivity contribution in [2.24, 2.45) is 0 Å². The second-order valence-corrected chi connectivity index (χ2v) is 7.07. The predicted octanol–water partition coefficient (Wildman–Crippen LogP) is 1.62. The van der Waals surface area contributed by atoms with E-state index < -0.39 is 24.1 Å². The van der Waals surface area contributed by atoms with Crippen molar-refractivity contribution in [2.45, 2.75) is 37.6 Å². The first-order valence-electron chi connectivity index (χ1n) is 9.09. The van der Waals surface area contributed by atoms with Crippen molar-refractivity contribution in [3.63, 3.8) is 0 Å². The van der Waals surface area contributed by atoms with E-state index in [4.69, 9.17) is 19.9 Å². The summed E-state index contributed by atoms with van der Waals surface area (Å²) in [5.74, 6) is 0.150. The van der Waals surface area contributed by atoms with E-state index in [-0.39, 0.29) is 24.1 Å². The lowest BCUT2D eigenvalue weighted by molar-refractivity contribution is -0.0933. The minimum Gasteiger partial charge on any atom is -0.479 e. The number of aliphatic hydroxyl groups is 1. The van der Waals surface area contributed by atoms with E-state index in [2.05, 4.69) is 15.0 Å². The molecule has 9 nitrogen and oxygen atoms in total. The molecule has 4 unspecified atom stereocenters. The van der Waals surface area contributed by atoms with Crippen molar-refractivity contribution < 1.29 is 23.7 Å². The molecule has 154 valence electrons. The van der Waals surface area contributed by atoms with Gasteiger partial charge in [0.15, 0.2) is 23.6 Å².